The lowest BCUT2D eigenvalue weighted by molar-refractivity contribution is -0.107. The third kappa shape index (κ3) is 5.36. The Kier molecular flexibility index (Phi) is 6.95. The van der Waals surface area contributed by atoms with Crippen LogP contribution in [0.25, 0.3) is 0 Å². The molecule has 0 saturated heterocycles. The summed E-state index contributed by atoms with van der Waals surface area (Å²) in [6.45, 7) is 1.81. The minimum atomic E-state index is 0.402. The third-order valence-corrected chi connectivity index (χ3v) is 3.44. The van der Waals surface area contributed by atoms with Crippen molar-refractivity contribution < 1.29 is 4.79 Å². The SMILES string of the molecule is CCC=O.ClC1CCCC(c2ccccc2)C1. The Morgan fingerprint density at radius 1 is 1.29 bits per heavy atom. The van der Waals surface area contributed by atoms with Crippen LogP contribution in [0, 0.1) is 0 Å². The molecule has 0 spiro atoms. The third-order valence-electron chi connectivity index (χ3n) is 3.05. The molecule has 1 aromatic rings. The van der Waals surface area contributed by atoms with Gasteiger partial charge in [0.15, 0.2) is 0 Å². The van der Waals surface area contributed by atoms with Crippen LogP contribution in [0.2, 0.25) is 0 Å². The van der Waals surface area contributed by atoms with Crippen molar-refractivity contribution in [1.82, 2.24) is 0 Å². The Morgan fingerprint density at radius 2 is 1.94 bits per heavy atom. The maximum Gasteiger partial charge on any atom is 0.119 e. The number of carbonyl (C=O) groups excluding carboxylic acids is 1. The average molecular weight is 253 g/mol. The normalized spacial score (nSPS) is 23.4. The van der Waals surface area contributed by atoms with Crippen molar-refractivity contribution in [3.05, 3.63) is 35.9 Å². The monoisotopic (exact) mass is 252 g/mol. The number of carbonyl (C=O) groups is 1. The van der Waals surface area contributed by atoms with Crippen molar-refractivity contribution in [1.29, 1.82) is 0 Å². The lowest BCUT2D eigenvalue weighted by Gasteiger charge is -2.25. The summed E-state index contributed by atoms with van der Waals surface area (Å²) >= 11 is 6.16. The number of hydrogen-bond acceptors (Lipinski definition) is 1. The molecule has 2 heteroatoms. The topological polar surface area (TPSA) is 17.1 Å². The average Bonchev–Trinajstić information content (AvgIpc) is 2.40. The van der Waals surface area contributed by atoms with Crippen molar-refractivity contribution >= 4 is 17.9 Å². The number of halogens is 1. The number of aldehydes is 1. The Hall–Kier alpha value is -0.820. The summed E-state index contributed by atoms with van der Waals surface area (Å²) in [5, 5.41) is 0.402. The van der Waals surface area contributed by atoms with Crippen LogP contribution in [0.1, 0.15) is 50.5 Å². The van der Waals surface area contributed by atoms with E-state index in [2.05, 4.69) is 30.3 Å². The van der Waals surface area contributed by atoms with Crippen LogP contribution in [-0.4, -0.2) is 11.7 Å². The Bertz CT molecular complexity index is 310. The lowest BCUT2D eigenvalue weighted by Crippen LogP contribution is -2.13. The van der Waals surface area contributed by atoms with Gasteiger partial charge in [-0.05, 0) is 30.7 Å². The standard InChI is InChI=1S/C12H15Cl.C3H6O/c13-12-8-4-7-11(9-12)10-5-2-1-3-6-10;1-2-3-4/h1-3,5-6,11-12H,4,7-9H2;3H,2H2,1H3. The first-order chi connectivity index (χ1) is 8.27. The number of rotatable bonds is 2. The van der Waals surface area contributed by atoms with Gasteiger partial charge in [-0.25, -0.2) is 0 Å². The van der Waals surface area contributed by atoms with Gasteiger partial charge in [0, 0.05) is 11.8 Å². The fraction of sp³-hybridized carbons (Fsp3) is 0.533. The van der Waals surface area contributed by atoms with Crippen LogP contribution in [0.3, 0.4) is 0 Å². The molecule has 0 radical (unpaired) electrons. The molecule has 0 aliphatic heterocycles. The summed E-state index contributed by atoms with van der Waals surface area (Å²) in [6.07, 6.45) is 6.47. The molecular formula is C15H21ClO. The van der Waals surface area contributed by atoms with Gasteiger partial charge in [0.2, 0.25) is 0 Å². The second-order valence-corrected chi connectivity index (χ2v) is 5.06. The molecule has 1 aliphatic carbocycles. The predicted octanol–water partition coefficient (Wildman–Crippen LogP) is 4.55. The number of hydrogen-bond donors (Lipinski definition) is 0. The summed E-state index contributed by atoms with van der Waals surface area (Å²) in [5.74, 6) is 0.706. The van der Waals surface area contributed by atoms with Gasteiger partial charge >= 0.3 is 0 Å². The summed E-state index contributed by atoms with van der Waals surface area (Å²) in [7, 11) is 0. The molecule has 1 aromatic carbocycles. The molecular weight excluding hydrogens is 232 g/mol. The maximum absolute atomic E-state index is 9.17. The molecule has 94 valence electrons. The highest BCUT2D eigenvalue weighted by atomic mass is 35.5. The molecule has 0 amide bonds. The lowest BCUT2D eigenvalue weighted by atomic mass is 9.84. The van der Waals surface area contributed by atoms with Crippen molar-refractivity contribution in [2.45, 2.75) is 50.3 Å². The fourth-order valence-corrected chi connectivity index (χ4v) is 2.53. The minimum Gasteiger partial charge on any atom is -0.303 e. The van der Waals surface area contributed by atoms with Crippen molar-refractivity contribution in [3.8, 4) is 0 Å². The predicted molar refractivity (Wildman–Crippen MR) is 73.6 cm³/mol. The van der Waals surface area contributed by atoms with Gasteiger partial charge in [-0.1, -0.05) is 43.7 Å². The van der Waals surface area contributed by atoms with Crippen molar-refractivity contribution in [2.24, 2.45) is 0 Å². The fourth-order valence-electron chi connectivity index (χ4n) is 2.16. The van der Waals surface area contributed by atoms with Gasteiger partial charge in [0.05, 0.1) is 0 Å². The molecule has 1 saturated carbocycles. The van der Waals surface area contributed by atoms with E-state index in [0.29, 0.717) is 17.7 Å². The zero-order chi connectivity index (χ0) is 12.5. The van der Waals surface area contributed by atoms with Crippen LogP contribution in [0.4, 0.5) is 0 Å². The second kappa shape index (κ2) is 8.30. The molecule has 0 bridgehead atoms. The smallest absolute Gasteiger partial charge is 0.119 e. The minimum absolute atomic E-state index is 0.402. The van der Waals surface area contributed by atoms with Gasteiger partial charge in [-0.3, -0.25) is 0 Å². The molecule has 2 unspecified atom stereocenters. The van der Waals surface area contributed by atoms with E-state index < -0.39 is 0 Å². The Morgan fingerprint density at radius 3 is 2.47 bits per heavy atom. The summed E-state index contributed by atoms with van der Waals surface area (Å²) in [5.41, 5.74) is 1.47. The zero-order valence-corrected chi connectivity index (χ0v) is 11.2. The van der Waals surface area contributed by atoms with E-state index in [-0.39, 0.29) is 0 Å². The van der Waals surface area contributed by atoms with E-state index in [1.54, 1.807) is 0 Å². The van der Waals surface area contributed by atoms with Crippen LogP contribution in [-0.2, 0) is 4.79 Å². The Labute approximate surface area is 109 Å². The molecule has 1 nitrogen and oxygen atoms in total. The van der Waals surface area contributed by atoms with E-state index in [4.69, 9.17) is 11.6 Å². The van der Waals surface area contributed by atoms with Crippen LogP contribution in [0.15, 0.2) is 30.3 Å². The van der Waals surface area contributed by atoms with Crippen LogP contribution >= 0.6 is 11.6 Å². The summed E-state index contributed by atoms with van der Waals surface area (Å²) < 4.78 is 0. The molecule has 1 fully saturated rings. The largest absolute Gasteiger partial charge is 0.303 e. The van der Waals surface area contributed by atoms with Crippen LogP contribution in [0.5, 0.6) is 0 Å². The summed E-state index contributed by atoms with van der Waals surface area (Å²) in [4.78, 5) is 9.17. The van der Waals surface area contributed by atoms with E-state index in [9.17, 15) is 4.79 Å². The molecule has 0 heterocycles. The van der Waals surface area contributed by atoms with Crippen molar-refractivity contribution in [3.63, 3.8) is 0 Å². The molecule has 2 rings (SSSR count). The highest BCUT2D eigenvalue weighted by Crippen LogP contribution is 2.34. The van der Waals surface area contributed by atoms with Gasteiger partial charge in [-0.2, -0.15) is 0 Å². The maximum atomic E-state index is 9.17. The van der Waals surface area contributed by atoms with Crippen molar-refractivity contribution in [2.75, 3.05) is 0 Å². The van der Waals surface area contributed by atoms with Crippen LogP contribution < -0.4 is 0 Å². The van der Waals surface area contributed by atoms with Gasteiger partial charge in [-0.15, -0.1) is 11.6 Å². The van der Waals surface area contributed by atoms with E-state index in [0.717, 1.165) is 12.7 Å². The van der Waals surface area contributed by atoms with E-state index in [1.165, 1.54) is 24.8 Å². The molecule has 0 aromatic heterocycles. The number of benzene rings is 1. The highest BCUT2D eigenvalue weighted by molar-refractivity contribution is 6.20. The van der Waals surface area contributed by atoms with E-state index >= 15 is 0 Å². The first-order valence-corrected chi connectivity index (χ1v) is 6.84. The molecule has 2 atom stereocenters. The molecule has 17 heavy (non-hydrogen) atoms. The van der Waals surface area contributed by atoms with Gasteiger partial charge in [0.1, 0.15) is 6.29 Å². The Balaban J connectivity index is 0.000000317. The zero-order valence-electron chi connectivity index (χ0n) is 10.4. The molecule has 0 N–H and O–H groups in total. The first-order valence-electron chi connectivity index (χ1n) is 6.40. The van der Waals surface area contributed by atoms with Gasteiger partial charge < -0.3 is 4.79 Å². The van der Waals surface area contributed by atoms with E-state index in [1.807, 2.05) is 6.92 Å². The highest BCUT2D eigenvalue weighted by Gasteiger charge is 2.20. The van der Waals surface area contributed by atoms with Gasteiger partial charge in [0.25, 0.3) is 0 Å². The first kappa shape index (κ1) is 14.2. The summed E-state index contributed by atoms with van der Waals surface area (Å²) in [6, 6.07) is 10.8. The number of alkyl halides is 1. The molecule has 1 aliphatic rings. The quantitative estimate of drug-likeness (QED) is 0.558. The second-order valence-electron chi connectivity index (χ2n) is 4.45.